The van der Waals surface area contributed by atoms with E-state index in [1.54, 1.807) is 6.21 Å². The van der Waals surface area contributed by atoms with Crippen molar-refractivity contribution in [2.75, 3.05) is 7.11 Å². The number of oxime groups is 1. The van der Waals surface area contributed by atoms with Crippen LogP contribution in [0, 0.1) is 17.3 Å². The molecule has 0 aromatic carbocycles. The molecule has 1 saturated carbocycles. The Morgan fingerprint density at radius 2 is 2.25 bits per heavy atom. The number of nitrogens with zero attached hydrogens (tertiary/aromatic N) is 1. The maximum absolute atomic E-state index is 10.6. The van der Waals surface area contributed by atoms with Gasteiger partial charge in [-0.15, -0.1) is 0 Å². The van der Waals surface area contributed by atoms with Crippen LogP contribution in [0.2, 0.25) is 0 Å². The van der Waals surface area contributed by atoms with Gasteiger partial charge in [-0.1, -0.05) is 19.0 Å². The summed E-state index contributed by atoms with van der Waals surface area (Å²) in [6, 6.07) is 0. The molecule has 1 N–H and O–H groups in total. The molecule has 0 aliphatic heterocycles. The molecule has 12 heavy (non-hydrogen) atoms. The van der Waals surface area contributed by atoms with Crippen molar-refractivity contribution in [2.45, 2.75) is 13.8 Å². The zero-order valence-corrected chi connectivity index (χ0v) is 7.44. The van der Waals surface area contributed by atoms with Crippen molar-refractivity contribution in [1.29, 1.82) is 0 Å². The van der Waals surface area contributed by atoms with Gasteiger partial charge < -0.3 is 9.94 Å². The van der Waals surface area contributed by atoms with Gasteiger partial charge in [0.25, 0.3) is 0 Å². The Kier molecular flexibility index (Phi) is 2.08. The number of hydrogen-bond acceptors (Lipinski definition) is 3. The summed E-state index contributed by atoms with van der Waals surface area (Å²) in [5.41, 5.74) is -0.173. The first-order valence-electron chi connectivity index (χ1n) is 3.81. The van der Waals surface area contributed by atoms with E-state index >= 15 is 0 Å². The Labute approximate surface area is 71.2 Å². The summed E-state index contributed by atoms with van der Waals surface area (Å²) in [6.45, 7) is 3.83. The van der Waals surface area contributed by atoms with E-state index in [9.17, 15) is 4.79 Å². The highest BCUT2D eigenvalue weighted by Gasteiger charge is 2.61. The number of rotatable bonds is 3. The highest BCUT2D eigenvalue weighted by Crippen LogP contribution is 2.57. The van der Waals surface area contributed by atoms with Crippen molar-refractivity contribution in [3.05, 3.63) is 0 Å². The Morgan fingerprint density at radius 1 is 1.67 bits per heavy atom. The SMILES string of the molecule is CO/N=C/[C@H]1[C@@H](C(=O)O)C1(C)C. The second-order valence-electron chi connectivity index (χ2n) is 3.60. The van der Waals surface area contributed by atoms with E-state index in [2.05, 4.69) is 9.99 Å². The van der Waals surface area contributed by atoms with Crippen LogP contribution in [-0.2, 0) is 9.63 Å². The third-order valence-corrected chi connectivity index (χ3v) is 2.50. The molecule has 0 aromatic rings. The third-order valence-electron chi connectivity index (χ3n) is 2.50. The molecule has 4 nitrogen and oxygen atoms in total. The molecule has 1 aliphatic carbocycles. The molecule has 4 heteroatoms. The Morgan fingerprint density at radius 3 is 2.58 bits per heavy atom. The minimum Gasteiger partial charge on any atom is -0.481 e. The molecule has 1 aliphatic rings. The lowest BCUT2D eigenvalue weighted by molar-refractivity contribution is -0.139. The molecular formula is C8H13NO3. The molecule has 0 heterocycles. The quantitative estimate of drug-likeness (QED) is 0.508. The summed E-state index contributed by atoms with van der Waals surface area (Å²) in [5.74, 6) is -1.06. The van der Waals surface area contributed by atoms with Gasteiger partial charge in [0.15, 0.2) is 0 Å². The largest absolute Gasteiger partial charge is 0.481 e. The van der Waals surface area contributed by atoms with Gasteiger partial charge in [-0.25, -0.2) is 0 Å². The van der Waals surface area contributed by atoms with Gasteiger partial charge in [-0.05, 0) is 5.41 Å². The van der Waals surface area contributed by atoms with Crippen LogP contribution >= 0.6 is 0 Å². The summed E-state index contributed by atoms with van der Waals surface area (Å²) >= 11 is 0. The van der Waals surface area contributed by atoms with Gasteiger partial charge in [0.05, 0.1) is 5.92 Å². The normalized spacial score (nSPS) is 31.9. The zero-order chi connectivity index (χ0) is 9.35. The summed E-state index contributed by atoms with van der Waals surface area (Å²) in [6.07, 6.45) is 1.57. The molecule has 0 unspecified atom stereocenters. The molecule has 2 atom stereocenters. The standard InChI is InChI=1S/C8H13NO3/c1-8(2)5(4-9-12-3)6(8)7(10)11/h4-6H,1-3H3,(H,10,11)/b9-4+/t5-,6-/m0/s1. The van der Waals surface area contributed by atoms with E-state index in [-0.39, 0.29) is 17.3 Å². The van der Waals surface area contributed by atoms with Crippen LogP contribution in [0.5, 0.6) is 0 Å². The molecule has 0 spiro atoms. The van der Waals surface area contributed by atoms with Crippen molar-refractivity contribution in [2.24, 2.45) is 22.4 Å². The number of carbonyl (C=O) groups is 1. The summed E-state index contributed by atoms with van der Waals surface area (Å²) in [4.78, 5) is 15.1. The van der Waals surface area contributed by atoms with Crippen LogP contribution in [0.15, 0.2) is 5.16 Å². The zero-order valence-electron chi connectivity index (χ0n) is 7.44. The van der Waals surface area contributed by atoms with Gasteiger partial charge in [0.2, 0.25) is 0 Å². The van der Waals surface area contributed by atoms with E-state index in [1.807, 2.05) is 13.8 Å². The molecule has 1 fully saturated rings. The van der Waals surface area contributed by atoms with Gasteiger partial charge >= 0.3 is 5.97 Å². The Balaban J connectivity index is 2.60. The molecule has 0 aromatic heterocycles. The molecule has 0 saturated heterocycles. The molecule has 1 rings (SSSR count). The predicted molar refractivity (Wildman–Crippen MR) is 43.9 cm³/mol. The number of carboxylic acid groups (broad SMARTS) is 1. The number of aliphatic carboxylic acids is 1. The minimum atomic E-state index is -0.757. The second kappa shape index (κ2) is 2.77. The maximum atomic E-state index is 10.6. The van der Waals surface area contributed by atoms with E-state index in [1.165, 1.54) is 7.11 Å². The van der Waals surface area contributed by atoms with E-state index in [0.717, 1.165) is 0 Å². The van der Waals surface area contributed by atoms with E-state index in [4.69, 9.17) is 5.11 Å². The van der Waals surface area contributed by atoms with Crippen molar-refractivity contribution in [1.82, 2.24) is 0 Å². The lowest BCUT2D eigenvalue weighted by atomic mass is 10.1. The van der Waals surface area contributed by atoms with Crippen molar-refractivity contribution in [3.8, 4) is 0 Å². The predicted octanol–water partition coefficient (Wildman–Crippen LogP) is 0.975. The number of hydrogen-bond donors (Lipinski definition) is 1. The van der Waals surface area contributed by atoms with E-state index in [0.29, 0.717) is 0 Å². The maximum Gasteiger partial charge on any atom is 0.307 e. The van der Waals surface area contributed by atoms with Gasteiger partial charge in [0, 0.05) is 12.1 Å². The Bertz CT molecular complexity index is 222. The average molecular weight is 171 g/mol. The van der Waals surface area contributed by atoms with Crippen molar-refractivity contribution in [3.63, 3.8) is 0 Å². The Hall–Kier alpha value is -1.06. The summed E-state index contributed by atoms with van der Waals surface area (Å²) < 4.78 is 0. The first-order valence-corrected chi connectivity index (χ1v) is 3.81. The molecule has 68 valence electrons. The molecule has 0 amide bonds. The van der Waals surface area contributed by atoms with Crippen LogP contribution in [0.3, 0.4) is 0 Å². The van der Waals surface area contributed by atoms with Crippen molar-refractivity contribution < 1.29 is 14.7 Å². The monoisotopic (exact) mass is 171 g/mol. The minimum absolute atomic E-state index is 0.00921. The van der Waals surface area contributed by atoms with Gasteiger partial charge in [0.1, 0.15) is 7.11 Å². The highest BCUT2D eigenvalue weighted by atomic mass is 16.6. The highest BCUT2D eigenvalue weighted by molar-refractivity contribution is 5.84. The van der Waals surface area contributed by atoms with Crippen molar-refractivity contribution >= 4 is 12.2 Å². The topological polar surface area (TPSA) is 58.9 Å². The first-order chi connectivity index (χ1) is 5.51. The smallest absolute Gasteiger partial charge is 0.307 e. The fourth-order valence-corrected chi connectivity index (χ4v) is 1.55. The fourth-order valence-electron chi connectivity index (χ4n) is 1.55. The number of carboxylic acids is 1. The van der Waals surface area contributed by atoms with Crippen LogP contribution in [0.25, 0.3) is 0 Å². The third kappa shape index (κ3) is 1.29. The van der Waals surface area contributed by atoms with E-state index < -0.39 is 5.97 Å². The van der Waals surface area contributed by atoms with Crippen LogP contribution < -0.4 is 0 Å². The summed E-state index contributed by atoms with van der Waals surface area (Å²) in [5, 5.41) is 12.3. The van der Waals surface area contributed by atoms with Gasteiger partial charge in [-0.2, -0.15) is 0 Å². The van der Waals surface area contributed by atoms with Crippen LogP contribution in [-0.4, -0.2) is 24.4 Å². The lowest BCUT2D eigenvalue weighted by Crippen LogP contribution is -2.03. The fraction of sp³-hybridized carbons (Fsp3) is 0.750. The molecule has 0 radical (unpaired) electrons. The molecular weight excluding hydrogens is 158 g/mol. The van der Waals surface area contributed by atoms with Crippen LogP contribution in [0.4, 0.5) is 0 Å². The molecule has 0 bridgehead atoms. The summed E-state index contributed by atoms with van der Waals surface area (Å²) in [7, 11) is 1.45. The second-order valence-corrected chi connectivity index (χ2v) is 3.60. The lowest BCUT2D eigenvalue weighted by Gasteiger charge is -1.95. The average Bonchev–Trinajstić information content (AvgIpc) is 2.49. The first kappa shape index (κ1) is 9.03. The van der Waals surface area contributed by atoms with Gasteiger partial charge in [-0.3, -0.25) is 4.79 Å². The van der Waals surface area contributed by atoms with Crippen LogP contribution in [0.1, 0.15) is 13.8 Å².